The molecule has 1 aromatic rings. The summed E-state index contributed by atoms with van der Waals surface area (Å²) in [5, 5.41) is 0. The van der Waals surface area contributed by atoms with Gasteiger partial charge in [0.25, 0.3) is 0 Å². The number of aryl methyl sites for hydroxylation is 1. The summed E-state index contributed by atoms with van der Waals surface area (Å²) in [6, 6.07) is 8.19. The largest absolute Gasteiger partial charge is 0.496 e. The molecule has 0 saturated heterocycles. The van der Waals surface area contributed by atoms with E-state index in [0.717, 1.165) is 22.5 Å². The van der Waals surface area contributed by atoms with Crippen molar-refractivity contribution in [3.05, 3.63) is 77.6 Å². The van der Waals surface area contributed by atoms with Crippen molar-refractivity contribution in [1.29, 1.82) is 0 Å². The van der Waals surface area contributed by atoms with Gasteiger partial charge in [-0.2, -0.15) is 0 Å². The second-order valence-electron chi connectivity index (χ2n) is 4.07. The Kier molecular flexibility index (Phi) is 5.19. The molecule has 18 heavy (non-hydrogen) atoms. The van der Waals surface area contributed by atoms with Gasteiger partial charge in [-0.3, -0.25) is 0 Å². The Morgan fingerprint density at radius 2 is 1.83 bits per heavy atom. The van der Waals surface area contributed by atoms with Crippen LogP contribution >= 0.6 is 0 Å². The number of rotatable bonds is 5. The van der Waals surface area contributed by atoms with Crippen LogP contribution < -0.4 is 0 Å². The Hall–Kier alpha value is -2.02. The zero-order valence-corrected chi connectivity index (χ0v) is 11.4. The minimum absolute atomic E-state index is 0.803. The van der Waals surface area contributed by atoms with Crippen molar-refractivity contribution in [3.8, 4) is 0 Å². The second-order valence-corrected chi connectivity index (χ2v) is 4.07. The van der Waals surface area contributed by atoms with Crippen LogP contribution in [0.4, 0.5) is 0 Å². The normalized spacial score (nSPS) is 12.7. The van der Waals surface area contributed by atoms with Crippen molar-refractivity contribution in [1.82, 2.24) is 0 Å². The molecule has 0 N–H and O–H groups in total. The zero-order valence-electron chi connectivity index (χ0n) is 11.4. The summed E-state index contributed by atoms with van der Waals surface area (Å²) in [6.07, 6.45) is 5.63. The first-order chi connectivity index (χ1) is 8.63. The highest BCUT2D eigenvalue weighted by atomic mass is 16.5. The summed E-state index contributed by atoms with van der Waals surface area (Å²) in [5.41, 5.74) is 4.37. The standard InChI is InChI=1S/C17H20O/c1-6-13(3)16(7-2)17(18-5)12-15-11-9-8-10-14(15)4/h6-12H,1-2H2,3-5H3/b16-13+,17-12+. The highest BCUT2D eigenvalue weighted by Gasteiger charge is 2.05. The molecular weight excluding hydrogens is 220 g/mol. The number of ether oxygens (including phenoxy) is 1. The number of allylic oxidation sites excluding steroid dienone is 3. The average molecular weight is 240 g/mol. The van der Waals surface area contributed by atoms with Gasteiger partial charge in [-0.05, 0) is 36.6 Å². The van der Waals surface area contributed by atoms with Crippen molar-refractivity contribution in [3.63, 3.8) is 0 Å². The Morgan fingerprint density at radius 3 is 2.33 bits per heavy atom. The van der Waals surface area contributed by atoms with Gasteiger partial charge in [0, 0.05) is 5.57 Å². The van der Waals surface area contributed by atoms with Crippen LogP contribution in [-0.4, -0.2) is 7.11 Å². The van der Waals surface area contributed by atoms with E-state index >= 15 is 0 Å². The van der Waals surface area contributed by atoms with Gasteiger partial charge in [0.15, 0.2) is 0 Å². The lowest BCUT2D eigenvalue weighted by Gasteiger charge is -2.10. The molecule has 0 amide bonds. The van der Waals surface area contributed by atoms with Gasteiger partial charge >= 0.3 is 0 Å². The van der Waals surface area contributed by atoms with Crippen LogP contribution in [0.5, 0.6) is 0 Å². The van der Waals surface area contributed by atoms with Gasteiger partial charge < -0.3 is 4.74 Å². The predicted octanol–water partition coefficient (Wildman–Crippen LogP) is 4.67. The molecule has 0 heterocycles. The summed E-state index contributed by atoms with van der Waals surface area (Å²) in [4.78, 5) is 0. The molecule has 0 aliphatic carbocycles. The average Bonchev–Trinajstić information content (AvgIpc) is 2.40. The molecule has 0 aromatic heterocycles. The van der Waals surface area contributed by atoms with Crippen LogP contribution in [0.15, 0.2) is 66.5 Å². The van der Waals surface area contributed by atoms with E-state index in [9.17, 15) is 0 Å². The number of hydrogen-bond donors (Lipinski definition) is 0. The summed E-state index contributed by atoms with van der Waals surface area (Å²) < 4.78 is 5.47. The van der Waals surface area contributed by atoms with E-state index in [0.29, 0.717) is 0 Å². The molecule has 0 aliphatic heterocycles. The summed E-state index contributed by atoms with van der Waals surface area (Å²) in [7, 11) is 1.67. The molecule has 0 fully saturated rings. The third-order valence-corrected chi connectivity index (χ3v) is 2.90. The lowest BCUT2D eigenvalue weighted by atomic mass is 10.0. The Bertz CT molecular complexity index is 504. The van der Waals surface area contributed by atoms with Crippen LogP contribution in [0, 0.1) is 6.92 Å². The third-order valence-electron chi connectivity index (χ3n) is 2.90. The molecule has 0 aliphatic rings. The van der Waals surface area contributed by atoms with E-state index in [1.165, 1.54) is 5.56 Å². The highest BCUT2D eigenvalue weighted by molar-refractivity contribution is 5.62. The van der Waals surface area contributed by atoms with Crippen LogP contribution in [-0.2, 0) is 4.74 Å². The molecule has 0 spiro atoms. The SMILES string of the molecule is C=C/C(C)=C(C=C)/C(=C\c1ccccc1C)OC. The fourth-order valence-corrected chi connectivity index (χ4v) is 1.70. The van der Waals surface area contributed by atoms with E-state index in [-0.39, 0.29) is 0 Å². The van der Waals surface area contributed by atoms with E-state index < -0.39 is 0 Å². The third kappa shape index (κ3) is 3.24. The van der Waals surface area contributed by atoms with Crippen molar-refractivity contribution >= 4 is 6.08 Å². The van der Waals surface area contributed by atoms with E-state index in [1.807, 2.05) is 31.2 Å². The molecule has 1 aromatic carbocycles. The van der Waals surface area contributed by atoms with Gasteiger partial charge in [-0.15, -0.1) is 0 Å². The van der Waals surface area contributed by atoms with Crippen molar-refractivity contribution < 1.29 is 4.74 Å². The topological polar surface area (TPSA) is 9.23 Å². The van der Waals surface area contributed by atoms with Crippen molar-refractivity contribution in [2.75, 3.05) is 7.11 Å². The quantitative estimate of drug-likeness (QED) is 0.537. The van der Waals surface area contributed by atoms with Gasteiger partial charge in [-0.25, -0.2) is 0 Å². The lowest BCUT2D eigenvalue weighted by molar-refractivity contribution is 0.306. The molecule has 0 saturated carbocycles. The summed E-state index contributed by atoms with van der Waals surface area (Å²) >= 11 is 0. The molecule has 1 heteroatoms. The Balaban J connectivity index is 3.30. The van der Waals surface area contributed by atoms with E-state index in [2.05, 4.69) is 32.2 Å². The van der Waals surface area contributed by atoms with Crippen LogP contribution in [0.25, 0.3) is 6.08 Å². The fourth-order valence-electron chi connectivity index (χ4n) is 1.70. The monoisotopic (exact) mass is 240 g/mol. The van der Waals surface area contributed by atoms with Crippen molar-refractivity contribution in [2.24, 2.45) is 0 Å². The van der Waals surface area contributed by atoms with Crippen molar-refractivity contribution in [2.45, 2.75) is 13.8 Å². The van der Waals surface area contributed by atoms with Gasteiger partial charge in [0.2, 0.25) is 0 Å². The molecular formula is C17H20O. The summed E-state index contributed by atoms with van der Waals surface area (Å²) in [6.45, 7) is 11.7. The minimum atomic E-state index is 0.803. The van der Waals surface area contributed by atoms with Crippen LogP contribution in [0.1, 0.15) is 18.1 Å². The van der Waals surface area contributed by atoms with Gasteiger partial charge in [0.05, 0.1) is 7.11 Å². The predicted molar refractivity (Wildman–Crippen MR) is 79.3 cm³/mol. The van der Waals surface area contributed by atoms with E-state index in [4.69, 9.17) is 4.74 Å². The second kappa shape index (κ2) is 6.65. The summed E-state index contributed by atoms with van der Waals surface area (Å²) in [5.74, 6) is 0.803. The fraction of sp³-hybridized carbons (Fsp3) is 0.176. The lowest BCUT2D eigenvalue weighted by Crippen LogP contribution is -1.93. The van der Waals surface area contributed by atoms with E-state index in [1.54, 1.807) is 13.2 Å². The maximum absolute atomic E-state index is 5.47. The number of methoxy groups -OCH3 is 1. The minimum Gasteiger partial charge on any atom is -0.496 e. The van der Waals surface area contributed by atoms with Gasteiger partial charge in [0.1, 0.15) is 5.76 Å². The van der Waals surface area contributed by atoms with Crippen LogP contribution in [0.2, 0.25) is 0 Å². The molecule has 0 atom stereocenters. The first kappa shape index (κ1) is 14.0. The maximum atomic E-state index is 5.47. The zero-order chi connectivity index (χ0) is 13.5. The molecule has 0 bridgehead atoms. The highest BCUT2D eigenvalue weighted by Crippen LogP contribution is 2.21. The molecule has 1 nitrogen and oxygen atoms in total. The first-order valence-corrected chi connectivity index (χ1v) is 5.91. The van der Waals surface area contributed by atoms with Gasteiger partial charge in [-0.1, -0.05) is 49.6 Å². The number of benzene rings is 1. The smallest absolute Gasteiger partial charge is 0.126 e. The number of hydrogen-bond acceptors (Lipinski definition) is 1. The molecule has 94 valence electrons. The Morgan fingerprint density at radius 1 is 1.17 bits per heavy atom. The first-order valence-electron chi connectivity index (χ1n) is 5.91. The Labute approximate surface area is 110 Å². The molecule has 1 rings (SSSR count). The van der Waals surface area contributed by atoms with Crippen LogP contribution in [0.3, 0.4) is 0 Å². The molecule has 0 radical (unpaired) electrons. The maximum Gasteiger partial charge on any atom is 0.126 e. The molecule has 0 unspecified atom stereocenters.